The first-order valence-corrected chi connectivity index (χ1v) is 11.2. The van der Waals surface area contributed by atoms with Gasteiger partial charge in [-0.15, -0.1) is 0 Å². The Hall–Kier alpha value is -3.93. The number of benzene rings is 3. The Bertz CT molecular complexity index is 1320. The van der Waals surface area contributed by atoms with Crippen molar-refractivity contribution in [2.45, 2.75) is 38.9 Å². The number of hydrogen-bond donors (Lipinski definition) is 2. The third-order valence-electron chi connectivity index (χ3n) is 5.99. The van der Waals surface area contributed by atoms with E-state index in [1.807, 2.05) is 67.6 Å². The monoisotopic (exact) mass is 438 g/mol. The maximum Gasteiger partial charge on any atom is 0.251 e. The topological polar surface area (TPSA) is 76.0 Å². The molecule has 0 aliphatic heterocycles. The molecule has 1 fully saturated rings. The van der Waals surface area contributed by atoms with Crippen LogP contribution in [0, 0.1) is 6.92 Å². The summed E-state index contributed by atoms with van der Waals surface area (Å²) in [6.45, 7) is 2.70. The Morgan fingerprint density at radius 2 is 1.85 bits per heavy atom. The molecule has 3 aromatic carbocycles. The molecule has 1 aliphatic rings. The van der Waals surface area contributed by atoms with Crippen molar-refractivity contribution in [2.75, 3.05) is 0 Å². The molecule has 4 aromatic rings. The lowest BCUT2D eigenvalue weighted by Gasteiger charge is -2.10. The van der Waals surface area contributed by atoms with Gasteiger partial charge in [0.15, 0.2) is 0 Å². The summed E-state index contributed by atoms with van der Waals surface area (Å²) in [5.41, 5.74) is 5.78. The van der Waals surface area contributed by atoms with Crippen molar-refractivity contribution in [3.05, 3.63) is 89.6 Å². The van der Waals surface area contributed by atoms with Crippen LogP contribution in [0.5, 0.6) is 0 Å². The summed E-state index contributed by atoms with van der Waals surface area (Å²) in [5, 5.41) is 11.4. The molecule has 2 N–H and O–H groups in total. The van der Waals surface area contributed by atoms with Crippen LogP contribution in [0.15, 0.2) is 72.9 Å². The third kappa shape index (κ3) is 4.80. The van der Waals surface area contributed by atoms with Gasteiger partial charge < -0.3 is 10.6 Å². The average Bonchev–Trinajstić information content (AvgIpc) is 3.57. The highest BCUT2D eigenvalue weighted by atomic mass is 16.2. The standard InChI is InChI=1S/C27H26N4O2/c1-18-7-8-21(27(33)30-23-10-11-23)14-24(18)20-9-12-25-22(13-20)16-29-31(25)17-26(32)28-15-19-5-3-2-4-6-19/h2-9,12-14,16,23H,10-11,15,17H2,1H3,(H,28,32)(H,30,33). The zero-order valence-corrected chi connectivity index (χ0v) is 18.5. The predicted molar refractivity (Wildman–Crippen MR) is 129 cm³/mol. The zero-order valence-electron chi connectivity index (χ0n) is 18.5. The van der Waals surface area contributed by atoms with Crippen molar-refractivity contribution in [3.63, 3.8) is 0 Å². The zero-order chi connectivity index (χ0) is 22.8. The second-order valence-corrected chi connectivity index (χ2v) is 8.62. The number of carbonyl (C=O) groups excluding carboxylic acids is 2. The molecule has 33 heavy (non-hydrogen) atoms. The van der Waals surface area contributed by atoms with Crippen LogP contribution in [0.25, 0.3) is 22.0 Å². The van der Waals surface area contributed by atoms with E-state index in [1.54, 1.807) is 10.9 Å². The van der Waals surface area contributed by atoms with Crippen LogP contribution in [0.3, 0.4) is 0 Å². The van der Waals surface area contributed by atoms with Crippen molar-refractivity contribution in [1.82, 2.24) is 20.4 Å². The van der Waals surface area contributed by atoms with Crippen LogP contribution in [0.1, 0.15) is 34.3 Å². The molecule has 0 atom stereocenters. The van der Waals surface area contributed by atoms with Crippen molar-refractivity contribution in [3.8, 4) is 11.1 Å². The Morgan fingerprint density at radius 1 is 1.03 bits per heavy atom. The fraction of sp³-hybridized carbons (Fsp3) is 0.222. The molecule has 1 aromatic heterocycles. The highest BCUT2D eigenvalue weighted by Gasteiger charge is 2.24. The summed E-state index contributed by atoms with van der Waals surface area (Å²) in [7, 11) is 0. The SMILES string of the molecule is Cc1ccc(C(=O)NC2CC2)cc1-c1ccc2c(cnn2CC(=O)NCc2ccccc2)c1. The van der Waals surface area contributed by atoms with Crippen LogP contribution in [0.4, 0.5) is 0 Å². The van der Waals surface area contributed by atoms with Gasteiger partial charge in [-0.1, -0.05) is 42.5 Å². The quantitative estimate of drug-likeness (QED) is 0.454. The van der Waals surface area contributed by atoms with Gasteiger partial charge in [0.1, 0.15) is 6.54 Å². The molecule has 0 radical (unpaired) electrons. The lowest BCUT2D eigenvalue weighted by atomic mass is 9.97. The number of amides is 2. The van der Waals surface area contributed by atoms with Crippen molar-refractivity contribution in [2.24, 2.45) is 0 Å². The maximum atomic E-state index is 12.5. The van der Waals surface area contributed by atoms with E-state index in [-0.39, 0.29) is 18.4 Å². The van der Waals surface area contributed by atoms with Crippen molar-refractivity contribution < 1.29 is 9.59 Å². The van der Waals surface area contributed by atoms with Crippen molar-refractivity contribution in [1.29, 1.82) is 0 Å². The smallest absolute Gasteiger partial charge is 0.251 e. The van der Waals surface area contributed by atoms with Crippen LogP contribution < -0.4 is 10.6 Å². The average molecular weight is 439 g/mol. The van der Waals surface area contributed by atoms with Gasteiger partial charge in [0.25, 0.3) is 5.91 Å². The predicted octanol–water partition coefficient (Wildman–Crippen LogP) is 4.22. The van der Waals surface area contributed by atoms with Gasteiger partial charge in [-0.05, 0) is 66.3 Å². The second-order valence-electron chi connectivity index (χ2n) is 8.62. The van der Waals surface area contributed by atoms with E-state index in [9.17, 15) is 9.59 Å². The number of nitrogens with zero attached hydrogens (tertiary/aromatic N) is 2. The minimum absolute atomic E-state index is 0.0193. The van der Waals surface area contributed by atoms with Crippen molar-refractivity contribution >= 4 is 22.7 Å². The van der Waals surface area contributed by atoms with Gasteiger partial charge in [0.2, 0.25) is 5.91 Å². The number of fused-ring (bicyclic) bond motifs is 1. The van der Waals surface area contributed by atoms with E-state index in [4.69, 9.17) is 0 Å². The molecule has 1 heterocycles. The maximum absolute atomic E-state index is 12.5. The van der Waals surface area contributed by atoms with E-state index in [1.165, 1.54) is 0 Å². The summed E-state index contributed by atoms with van der Waals surface area (Å²) in [5.74, 6) is -0.104. The minimum atomic E-state index is -0.0850. The molecule has 2 amide bonds. The number of carbonyl (C=O) groups is 2. The number of nitrogens with one attached hydrogen (secondary N) is 2. The fourth-order valence-electron chi connectivity index (χ4n) is 3.94. The lowest BCUT2D eigenvalue weighted by molar-refractivity contribution is -0.121. The van der Waals surface area contributed by atoms with Crippen LogP contribution in [-0.2, 0) is 17.9 Å². The minimum Gasteiger partial charge on any atom is -0.350 e. The molecule has 166 valence electrons. The molecule has 6 heteroatoms. The number of aromatic nitrogens is 2. The van der Waals surface area contributed by atoms with Gasteiger partial charge in [-0.3, -0.25) is 14.3 Å². The first-order chi connectivity index (χ1) is 16.1. The molecule has 0 spiro atoms. The second kappa shape index (κ2) is 8.90. The Balaban J connectivity index is 1.32. The van der Waals surface area contributed by atoms with Gasteiger partial charge >= 0.3 is 0 Å². The largest absolute Gasteiger partial charge is 0.350 e. The van der Waals surface area contributed by atoms with Crippen LogP contribution in [0.2, 0.25) is 0 Å². The van der Waals surface area contributed by atoms with Gasteiger partial charge in [-0.25, -0.2) is 0 Å². The van der Waals surface area contributed by atoms with Crippen LogP contribution in [-0.4, -0.2) is 27.6 Å². The van der Waals surface area contributed by atoms with E-state index in [0.717, 1.165) is 46.0 Å². The van der Waals surface area contributed by atoms with Gasteiger partial charge in [-0.2, -0.15) is 5.10 Å². The Kier molecular flexibility index (Phi) is 5.65. The Morgan fingerprint density at radius 3 is 2.64 bits per heavy atom. The van der Waals surface area contributed by atoms with E-state index in [2.05, 4.69) is 21.8 Å². The fourth-order valence-corrected chi connectivity index (χ4v) is 3.94. The third-order valence-corrected chi connectivity index (χ3v) is 5.99. The van der Waals surface area contributed by atoms with E-state index >= 15 is 0 Å². The molecule has 1 aliphatic carbocycles. The van der Waals surface area contributed by atoms with Gasteiger partial charge in [0.05, 0.1) is 11.7 Å². The van der Waals surface area contributed by atoms with Crippen LogP contribution >= 0.6 is 0 Å². The molecule has 1 saturated carbocycles. The van der Waals surface area contributed by atoms with E-state index < -0.39 is 0 Å². The molecule has 6 nitrogen and oxygen atoms in total. The summed E-state index contributed by atoms with van der Waals surface area (Å²) in [6.07, 6.45) is 3.91. The molecule has 5 rings (SSSR count). The molecule has 0 bridgehead atoms. The van der Waals surface area contributed by atoms with Gasteiger partial charge in [0, 0.05) is 23.5 Å². The summed E-state index contributed by atoms with van der Waals surface area (Å²) in [6, 6.07) is 22.0. The number of aryl methyl sites for hydroxylation is 1. The molecule has 0 unspecified atom stereocenters. The molecule has 0 saturated heterocycles. The highest BCUT2D eigenvalue weighted by molar-refractivity contribution is 5.96. The molecular weight excluding hydrogens is 412 g/mol. The summed E-state index contributed by atoms with van der Waals surface area (Å²) >= 11 is 0. The lowest BCUT2D eigenvalue weighted by Crippen LogP contribution is -2.27. The van der Waals surface area contributed by atoms with E-state index in [0.29, 0.717) is 18.2 Å². The number of hydrogen-bond acceptors (Lipinski definition) is 3. The summed E-state index contributed by atoms with van der Waals surface area (Å²) < 4.78 is 1.71. The Labute approximate surface area is 192 Å². The first kappa shape index (κ1) is 20.9. The number of rotatable bonds is 7. The first-order valence-electron chi connectivity index (χ1n) is 11.2. The summed E-state index contributed by atoms with van der Waals surface area (Å²) in [4.78, 5) is 24.9. The molecular formula is C27H26N4O2. The normalized spacial score (nSPS) is 13.1. The highest BCUT2D eigenvalue weighted by Crippen LogP contribution is 2.28.